The van der Waals surface area contributed by atoms with E-state index >= 15 is 0 Å². The molecule has 0 radical (unpaired) electrons. The van der Waals surface area contributed by atoms with E-state index in [4.69, 9.17) is 10.7 Å². The first-order valence-corrected chi connectivity index (χ1v) is 6.28. The van der Waals surface area contributed by atoms with Gasteiger partial charge in [-0.3, -0.25) is 0 Å². The van der Waals surface area contributed by atoms with Crippen LogP contribution in [0.2, 0.25) is 0 Å². The second-order valence-electron chi connectivity index (χ2n) is 2.33. The van der Waals surface area contributed by atoms with Crippen LogP contribution in [0.25, 0.3) is 0 Å². The first kappa shape index (κ1) is 11.5. The fraction of sp³-hybridized carbons (Fsp3) is 0. The molecule has 4 nitrogen and oxygen atoms in total. The summed E-state index contributed by atoms with van der Waals surface area (Å²) in [5, 5.41) is 0. The van der Waals surface area contributed by atoms with E-state index in [2.05, 4.69) is 20.1 Å². The first-order chi connectivity index (χ1) is 6.45. The summed E-state index contributed by atoms with van der Waals surface area (Å²) in [7, 11) is 1.27. The van der Waals surface area contributed by atoms with Gasteiger partial charge in [0.2, 0.25) is 0 Å². The molecule has 76 valence electrons. The quantitative estimate of drug-likeness (QED) is 0.785. The van der Waals surface area contributed by atoms with Crippen molar-refractivity contribution in [2.45, 2.75) is 4.90 Å². The Morgan fingerprint density at radius 1 is 1.43 bits per heavy atom. The molecule has 0 heterocycles. The van der Waals surface area contributed by atoms with Crippen LogP contribution in [0.4, 0.5) is 0 Å². The molecule has 0 amide bonds. The zero-order chi connectivity index (χ0) is 10.8. The molecule has 0 bridgehead atoms. The van der Waals surface area contributed by atoms with E-state index in [1.165, 1.54) is 18.2 Å². The minimum atomic E-state index is -3.82. The largest absolute Gasteiger partial charge is 0.380 e. The van der Waals surface area contributed by atoms with E-state index < -0.39 is 15.0 Å². The van der Waals surface area contributed by atoms with E-state index in [-0.39, 0.29) is 10.5 Å². The van der Waals surface area contributed by atoms with Crippen molar-refractivity contribution >= 4 is 42.0 Å². The van der Waals surface area contributed by atoms with Crippen LogP contribution in [0.15, 0.2) is 29.2 Å². The molecule has 0 aliphatic rings. The minimum Gasteiger partial charge on any atom is -0.380 e. The predicted molar refractivity (Wildman–Crippen MR) is 53.8 cm³/mol. The Bertz CT molecular complexity index is 457. The Morgan fingerprint density at radius 2 is 2.07 bits per heavy atom. The van der Waals surface area contributed by atoms with Crippen LogP contribution in [-0.2, 0) is 12.9 Å². The smallest absolute Gasteiger partial charge is 0.349 e. The van der Waals surface area contributed by atoms with Crippen LogP contribution >= 0.6 is 26.9 Å². The number of rotatable bonds is 2. The van der Waals surface area contributed by atoms with Crippen molar-refractivity contribution in [3.05, 3.63) is 29.8 Å². The highest BCUT2D eigenvalue weighted by molar-refractivity contribution is 9.06. The van der Waals surface area contributed by atoms with E-state index in [1.807, 2.05) is 0 Å². The highest BCUT2D eigenvalue weighted by Crippen LogP contribution is 2.16. The highest BCUT2D eigenvalue weighted by atomic mass is 79.9. The molecular weight excluding hydrogens is 295 g/mol. The lowest BCUT2D eigenvalue weighted by Gasteiger charge is -1.99. The average molecular weight is 300 g/mol. The van der Waals surface area contributed by atoms with Gasteiger partial charge in [0, 0.05) is 10.7 Å². The summed E-state index contributed by atoms with van der Waals surface area (Å²) in [6.45, 7) is 0. The molecule has 7 heteroatoms. The van der Waals surface area contributed by atoms with Gasteiger partial charge in [-0.15, -0.1) is 0 Å². The number of halogens is 2. The van der Waals surface area contributed by atoms with Gasteiger partial charge in [0.15, 0.2) is 16.3 Å². The number of benzene rings is 1. The second kappa shape index (κ2) is 4.29. The van der Waals surface area contributed by atoms with Crippen molar-refractivity contribution < 1.29 is 17.0 Å². The van der Waals surface area contributed by atoms with E-state index in [0.29, 0.717) is 0 Å². The van der Waals surface area contributed by atoms with E-state index in [9.17, 15) is 13.2 Å². The monoisotopic (exact) mass is 298 g/mol. The van der Waals surface area contributed by atoms with Crippen molar-refractivity contribution in [1.82, 2.24) is 0 Å². The Labute approximate surface area is 93.7 Å². The van der Waals surface area contributed by atoms with Crippen molar-refractivity contribution in [2.75, 3.05) is 0 Å². The number of hydrogen-bond donors (Lipinski definition) is 0. The third-order valence-electron chi connectivity index (χ3n) is 1.42. The molecule has 1 rings (SSSR count). The van der Waals surface area contributed by atoms with Gasteiger partial charge in [-0.1, -0.05) is 6.07 Å². The van der Waals surface area contributed by atoms with Gasteiger partial charge in [0.1, 0.15) is 0 Å². The maximum atomic E-state index is 11.0. The molecule has 0 saturated carbocycles. The molecule has 1 aromatic carbocycles. The van der Waals surface area contributed by atoms with Crippen LogP contribution < -0.4 is 0 Å². The zero-order valence-electron chi connectivity index (χ0n) is 6.61. The summed E-state index contributed by atoms with van der Waals surface area (Å²) in [6, 6.07) is 5.23. The fourth-order valence-corrected chi connectivity index (χ4v) is 1.80. The van der Waals surface area contributed by atoms with Gasteiger partial charge in [-0.2, -0.15) is 0 Å². The van der Waals surface area contributed by atoms with E-state index in [0.717, 1.165) is 6.07 Å². The first-order valence-electron chi connectivity index (χ1n) is 3.33. The van der Waals surface area contributed by atoms with E-state index in [1.54, 1.807) is 0 Å². The van der Waals surface area contributed by atoms with Gasteiger partial charge in [-0.25, -0.2) is 13.2 Å². The summed E-state index contributed by atoms with van der Waals surface area (Å²) in [5.41, 5.74) is 0.101. The van der Waals surface area contributed by atoms with Gasteiger partial charge in [0.25, 0.3) is 9.05 Å². The maximum absolute atomic E-state index is 11.0. The number of carbonyl (C=O) groups is 1. The lowest BCUT2D eigenvalue weighted by atomic mass is 10.2. The molecule has 0 aliphatic heterocycles. The summed E-state index contributed by atoms with van der Waals surface area (Å²) >= 11 is 2.49. The molecule has 0 fully saturated rings. The SMILES string of the molecule is O=C(OBr)c1cccc(S(=O)(=O)Cl)c1. The Morgan fingerprint density at radius 3 is 2.57 bits per heavy atom. The van der Waals surface area contributed by atoms with Crippen LogP contribution in [-0.4, -0.2) is 14.4 Å². The Balaban J connectivity index is 3.21. The topological polar surface area (TPSA) is 60.4 Å². The molecule has 0 saturated heterocycles. The second-order valence-corrected chi connectivity index (χ2v) is 5.22. The highest BCUT2D eigenvalue weighted by Gasteiger charge is 2.13. The van der Waals surface area contributed by atoms with Crippen LogP contribution in [0.3, 0.4) is 0 Å². The van der Waals surface area contributed by atoms with Crippen LogP contribution in [0.1, 0.15) is 10.4 Å². The molecule has 0 N–H and O–H groups in total. The summed E-state index contributed by atoms with van der Waals surface area (Å²) < 4.78 is 26.0. The van der Waals surface area contributed by atoms with Gasteiger partial charge < -0.3 is 3.83 Å². The molecule has 0 spiro atoms. The molecule has 0 aromatic heterocycles. The lowest BCUT2D eigenvalue weighted by Crippen LogP contribution is -1.99. The predicted octanol–water partition coefficient (Wildman–Crippen LogP) is 2.08. The van der Waals surface area contributed by atoms with Gasteiger partial charge in [-0.05, 0) is 18.2 Å². The third-order valence-corrected chi connectivity index (χ3v) is 3.07. The molecule has 0 atom stereocenters. The average Bonchev–Trinajstić information content (AvgIpc) is 2.15. The number of carbonyl (C=O) groups excluding carboxylic acids is 1. The molecular formula is C7H4BrClO4S. The fourth-order valence-electron chi connectivity index (χ4n) is 0.819. The zero-order valence-corrected chi connectivity index (χ0v) is 9.76. The Hall–Kier alpha value is -0.590. The van der Waals surface area contributed by atoms with Crippen molar-refractivity contribution in [2.24, 2.45) is 0 Å². The minimum absolute atomic E-state index is 0.101. The van der Waals surface area contributed by atoms with Gasteiger partial charge >= 0.3 is 5.97 Å². The van der Waals surface area contributed by atoms with Crippen molar-refractivity contribution in [3.8, 4) is 0 Å². The van der Waals surface area contributed by atoms with Crippen LogP contribution in [0.5, 0.6) is 0 Å². The summed E-state index contributed by atoms with van der Waals surface area (Å²) in [5.74, 6) is -0.688. The lowest BCUT2D eigenvalue weighted by molar-refractivity contribution is 0.0781. The standard InChI is InChI=1S/C7H4BrClO4S/c8-13-7(10)5-2-1-3-6(4-5)14(9,11)12/h1-4H. The molecule has 1 aromatic rings. The van der Waals surface area contributed by atoms with Gasteiger partial charge in [0.05, 0.1) is 10.5 Å². The molecule has 0 aliphatic carbocycles. The molecule has 14 heavy (non-hydrogen) atoms. The maximum Gasteiger partial charge on any atom is 0.349 e. The summed E-state index contributed by atoms with van der Waals surface area (Å²) in [4.78, 5) is 10.8. The normalized spacial score (nSPS) is 11.0. The van der Waals surface area contributed by atoms with Crippen molar-refractivity contribution in [1.29, 1.82) is 0 Å². The molecule has 0 unspecified atom stereocenters. The Kier molecular flexibility index (Phi) is 3.52. The number of hydrogen-bond acceptors (Lipinski definition) is 4. The third kappa shape index (κ3) is 2.70. The van der Waals surface area contributed by atoms with Crippen molar-refractivity contribution in [3.63, 3.8) is 0 Å². The van der Waals surface area contributed by atoms with Crippen LogP contribution in [0, 0.1) is 0 Å². The summed E-state index contributed by atoms with van der Waals surface area (Å²) in [6.07, 6.45) is 0.